The number of nitrogens with one attached hydrogen (secondary N) is 2. The summed E-state index contributed by atoms with van der Waals surface area (Å²) in [5.41, 5.74) is -1.10. The van der Waals surface area contributed by atoms with Gasteiger partial charge < -0.3 is 15.0 Å². The van der Waals surface area contributed by atoms with Crippen molar-refractivity contribution >= 4 is 22.7 Å². The molecular formula is C31H27F6N3O3. The lowest BCUT2D eigenvalue weighted by atomic mass is 9.87. The summed E-state index contributed by atoms with van der Waals surface area (Å²) in [6, 6.07) is 11.7. The molecule has 1 unspecified atom stereocenters. The highest BCUT2D eigenvalue weighted by atomic mass is 19.4. The third-order valence-electron chi connectivity index (χ3n) is 7.55. The summed E-state index contributed by atoms with van der Waals surface area (Å²) in [6.45, 7) is 1.54. The van der Waals surface area contributed by atoms with E-state index in [1.54, 1.807) is 17.2 Å². The number of benzene rings is 3. The fourth-order valence-corrected chi connectivity index (χ4v) is 5.45. The molecule has 0 amide bonds. The first-order chi connectivity index (χ1) is 20.4. The molecule has 0 aliphatic carbocycles. The molecule has 1 atom stereocenters. The van der Waals surface area contributed by atoms with Gasteiger partial charge in [-0.25, -0.2) is 4.79 Å². The average Bonchev–Trinajstić information content (AvgIpc) is 3.39. The van der Waals surface area contributed by atoms with Crippen molar-refractivity contribution in [2.75, 3.05) is 33.3 Å². The van der Waals surface area contributed by atoms with Crippen molar-refractivity contribution < 1.29 is 40.7 Å². The highest BCUT2D eigenvalue weighted by Gasteiger charge is 2.39. The average molecular weight is 604 g/mol. The monoisotopic (exact) mass is 603 g/mol. The number of piperazine rings is 1. The second kappa shape index (κ2) is 11.8. The number of para-hydroxylation sites is 1. The Hall–Kier alpha value is -4.16. The van der Waals surface area contributed by atoms with Crippen molar-refractivity contribution in [3.63, 3.8) is 0 Å². The second-order valence-corrected chi connectivity index (χ2v) is 10.3. The summed E-state index contributed by atoms with van der Waals surface area (Å²) in [4.78, 5) is 31.5. The number of H-pyrrole nitrogens is 1. The second-order valence-electron chi connectivity index (χ2n) is 10.3. The Morgan fingerprint density at radius 2 is 1.51 bits per heavy atom. The largest absolute Gasteiger partial charge is 0.465 e. The Bertz CT molecular complexity index is 1620. The van der Waals surface area contributed by atoms with E-state index >= 15 is 0 Å². The number of carbonyl (C=O) groups is 2. The number of hydrogen-bond donors (Lipinski definition) is 2. The summed E-state index contributed by atoms with van der Waals surface area (Å²) < 4.78 is 87.0. The number of rotatable bonds is 7. The van der Waals surface area contributed by atoms with Gasteiger partial charge in [-0.2, -0.15) is 26.3 Å². The van der Waals surface area contributed by atoms with Crippen molar-refractivity contribution in [3.05, 3.63) is 106 Å². The molecule has 1 aromatic heterocycles. The highest BCUT2D eigenvalue weighted by molar-refractivity contribution is 6.01. The molecular weight excluding hydrogens is 576 g/mol. The lowest BCUT2D eigenvalue weighted by Crippen LogP contribution is -2.47. The quantitative estimate of drug-likeness (QED) is 0.145. The Morgan fingerprint density at radius 1 is 0.860 bits per heavy atom. The van der Waals surface area contributed by atoms with Gasteiger partial charge in [-0.1, -0.05) is 24.3 Å². The molecule has 5 rings (SSSR count). The molecule has 0 radical (unpaired) electrons. The predicted molar refractivity (Wildman–Crippen MR) is 147 cm³/mol. The van der Waals surface area contributed by atoms with Gasteiger partial charge in [0.15, 0.2) is 5.78 Å². The van der Waals surface area contributed by atoms with Gasteiger partial charge in [0.05, 0.1) is 29.8 Å². The first-order valence-electron chi connectivity index (χ1n) is 13.4. The molecule has 0 bridgehead atoms. The zero-order chi connectivity index (χ0) is 30.9. The van der Waals surface area contributed by atoms with Gasteiger partial charge in [0.25, 0.3) is 0 Å². The first kappa shape index (κ1) is 30.3. The number of hydrogen-bond acceptors (Lipinski definition) is 5. The van der Waals surface area contributed by atoms with Gasteiger partial charge in [0, 0.05) is 48.8 Å². The number of aromatic amines is 1. The molecule has 4 aromatic rings. The first-order valence-corrected chi connectivity index (χ1v) is 13.4. The molecule has 3 aromatic carbocycles. The molecule has 1 saturated heterocycles. The van der Waals surface area contributed by atoms with Crippen LogP contribution in [0.4, 0.5) is 26.3 Å². The molecule has 226 valence electrons. The van der Waals surface area contributed by atoms with Crippen LogP contribution in [0.3, 0.4) is 0 Å². The van der Waals surface area contributed by atoms with Crippen LogP contribution in [0.15, 0.2) is 66.9 Å². The maximum atomic E-state index is 14.2. The van der Waals surface area contributed by atoms with Crippen LogP contribution in [-0.4, -0.2) is 54.9 Å². The molecule has 1 fully saturated rings. The Morgan fingerprint density at radius 3 is 2.14 bits per heavy atom. The molecule has 43 heavy (non-hydrogen) atoms. The lowest BCUT2D eigenvalue weighted by molar-refractivity contribution is -0.143. The number of alkyl halides is 6. The third-order valence-corrected chi connectivity index (χ3v) is 7.55. The van der Waals surface area contributed by atoms with E-state index < -0.39 is 46.8 Å². The molecule has 0 saturated carbocycles. The Kier molecular flexibility index (Phi) is 8.35. The normalized spacial score (nSPS) is 15.4. The topological polar surface area (TPSA) is 74.4 Å². The van der Waals surface area contributed by atoms with E-state index in [0.29, 0.717) is 49.4 Å². The summed E-state index contributed by atoms with van der Waals surface area (Å²) >= 11 is 0. The summed E-state index contributed by atoms with van der Waals surface area (Å²) in [7, 11) is 1.22. The fraction of sp³-hybridized carbons (Fsp3) is 0.290. The molecule has 2 heterocycles. The van der Waals surface area contributed by atoms with Gasteiger partial charge in [0.1, 0.15) is 0 Å². The lowest BCUT2D eigenvalue weighted by Gasteiger charge is -2.35. The van der Waals surface area contributed by atoms with Gasteiger partial charge in [0.2, 0.25) is 0 Å². The number of Topliss-reactive ketones (excluding diaryl/α,β-unsaturated/α-hetero) is 1. The minimum absolute atomic E-state index is 0.00416. The van der Waals surface area contributed by atoms with Crippen LogP contribution in [0.5, 0.6) is 0 Å². The fourth-order valence-electron chi connectivity index (χ4n) is 5.45. The van der Waals surface area contributed by atoms with Crippen molar-refractivity contribution in [1.82, 2.24) is 15.2 Å². The van der Waals surface area contributed by atoms with E-state index in [4.69, 9.17) is 4.74 Å². The van der Waals surface area contributed by atoms with E-state index in [2.05, 4.69) is 10.3 Å². The maximum absolute atomic E-state index is 14.2. The van der Waals surface area contributed by atoms with E-state index in [0.717, 1.165) is 16.5 Å². The van der Waals surface area contributed by atoms with E-state index in [-0.39, 0.29) is 18.1 Å². The summed E-state index contributed by atoms with van der Waals surface area (Å²) in [6.07, 6.45) is -8.22. The van der Waals surface area contributed by atoms with E-state index in [1.807, 2.05) is 24.3 Å². The number of methoxy groups -OCH3 is 1. The highest BCUT2D eigenvalue weighted by Crippen LogP contribution is 2.38. The van der Waals surface area contributed by atoms with Crippen LogP contribution in [0.25, 0.3) is 10.9 Å². The van der Waals surface area contributed by atoms with Crippen molar-refractivity contribution in [1.29, 1.82) is 0 Å². The standard InChI is InChI=1S/C31H27F6N3O3/c1-43-29(42)18-6-7-25(19(12-18)13-21-17-39-26-5-3-2-4-24(21)26)27(40-10-8-38-9-11-40)28(41)20-14-22(30(32,33)34)16-23(15-20)31(35,36)37/h2-7,12,14-17,27,38-39H,8-11,13H2,1H3. The zero-order valence-electron chi connectivity index (χ0n) is 22.9. The number of carbonyl (C=O) groups excluding carboxylic acids is 2. The smallest absolute Gasteiger partial charge is 0.416 e. The van der Waals surface area contributed by atoms with Crippen LogP contribution in [0.1, 0.15) is 54.6 Å². The summed E-state index contributed by atoms with van der Waals surface area (Å²) in [5.74, 6) is -1.55. The van der Waals surface area contributed by atoms with Crippen LogP contribution in [-0.2, 0) is 23.5 Å². The summed E-state index contributed by atoms with van der Waals surface area (Å²) in [5, 5.41) is 4.03. The molecule has 12 heteroatoms. The van der Waals surface area contributed by atoms with E-state index in [1.165, 1.54) is 19.2 Å². The molecule has 1 aliphatic rings. The zero-order valence-corrected chi connectivity index (χ0v) is 22.9. The van der Waals surface area contributed by atoms with Crippen molar-refractivity contribution in [2.24, 2.45) is 0 Å². The van der Waals surface area contributed by atoms with Gasteiger partial charge in [-0.05, 0) is 59.5 Å². The molecule has 1 aliphatic heterocycles. The van der Waals surface area contributed by atoms with Crippen molar-refractivity contribution in [3.8, 4) is 0 Å². The Labute approximate surface area is 242 Å². The maximum Gasteiger partial charge on any atom is 0.416 e. The molecule has 0 spiro atoms. The van der Waals surface area contributed by atoms with Crippen LogP contribution in [0.2, 0.25) is 0 Å². The third kappa shape index (κ3) is 6.45. The van der Waals surface area contributed by atoms with Gasteiger partial charge >= 0.3 is 18.3 Å². The molecule has 2 N–H and O–H groups in total. The van der Waals surface area contributed by atoms with Crippen LogP contribution >= 0.6 is 0 Å². The number of esters is 1. The number of nitrogens with zero attached hydrogens (tertiary/aromatic N) is 1. The van der Waals surface area contributed by atoms with E-state index in [9.17, 15) is 35.9 Å². The van der Waals surface area contributed by atoms with Crippen molar-refractivity contribution in [2.45, 2.75) is 24.8 Å². The number of aromatic nitrogens is 1. The number of halogens is 6. The minimum atomic E-state index is -5.11. The predicted octanol–water partition coefficient (Wildman–Crippen LogP) is 6.41. The number of ketones is 1. The SMILES string of the molecule is COC(=O)c1ccc(C(C(=O)c2cc(C(F)(F)F)cc(C(F)(F)F)c2)N2CCNCC2)c(Cc2c[nH]c3ccccc23)c1. The van der Waals surface area contributed by atoms with Crippen LogP contribution in [0, 0.1) is 0 Å². The van der Waals surface area contributed by atoms with Gasteiger partial charge in [-0.3, -0.25) is 9.69 Å². The number of fused-ring (bicyclic) bond motifs is 1. The number of ether oxygens (including phenoxy) is 1. The minimum Gasteiger partial charge on any atom is -0.465 e. The van der Waals surface area contributed by atoms with Gasteiger partial charge in [-0.15, -0.1) is 0 Å². The molecule has 6 nitrogen and oxygen atoms in total. The Balaban J connectivity index is 1.68. The van der Waals surface area contributed by atoms with Crippen LogP contribution < -0.4 is 5.32 Å².